The van der Waals surface area contributed by atoms with Gasteiger partial charge in [0.25, 0.3) is 5.91 Å². The number of benzene rings is 1. The van der Waals surface area contributed by atoms with Crippen LogP contribution < -0.4 is 5.32 Å². The Kier molecular flexibility index (Phi) is 3.93. The van der Waals surface area contributed by atoms with Gasteiger partial charge in [-0.15, -0.1) is 11.3 Å². The monoisotopic (exact) mass is 330 g/mol. The van der Waals surface area contributed by atoms with E-state index in [9.17, 15) is 14.7 Å². The third-order valence-corrected chi connectivity index (χ3v) is 5.02. The molecule has 1 fully saturated rings. The Morgan fingerprint density at radius 3 is 2.70 bits per heavy atom. The number of hydrogen-bond donors (Lipinski definition) is 2. The van der Waals surface area contributed by atoms with Crippen molar-refractivity contribution in [2.24, 2.45) is 5.92 Å². The lowest BCUT2D eigenvalue weighted by molar-refractivity contribution is -0.144. The first-order chi connectivity index (χ1) is 10.9. The summed E-state index contributed by atoms with van der Waals surface area (Å²) < 4.78 is 0. The fraction of sp³-hybridized carbons (Fsp3) is 0.353. The quantitative estimate of drug-likeness (QED) is 0.883. The molecule has 0 saturated heterocycles. The van der Waals surface area contributed by atoms with Gasteiger partial charge in [-0.1, -0.05) is 12.1 Å². The summed E-state index contributed by atoms with van der Waals surface area (Å²) in [6.07, 6.45) is 1.67. The van der Waals surface area contributed by atoms with E-state index in [2.05, 4.69) is 10.3 Å². The highest BCUT2D eigenvalue weighted by Crippen LogP contribution is 2.40. The van der Waals surface area contributed by atoms with Crippen LogP contribution >= 0.6 is 11.3 Å². The molecule has 2 aromatic rings. The molecule has 1 aliphatic rings. The number of thiazole rings is 1. The van der Waals surface area contributed by atoms with Gasteiger partial charge in [-0.2, -0.15) is 0 Å². The topological polar surface area (TPSA) is 79.3 Å². The van der Waals surface area contributed by atoms with E-state index in [-0.39, 0.29) is 11.8 Å². The van der Waals surface area contributed by atoms with Crippen molar-refractivity contribution in [3.63, 3.8) is 0 Å². The molecule has 23 heavy (non-hydrogen) atoms. The van der Waals surface area contributed by atoms with Crippen molar-refractivity contribution < 1.29 is 14.7 Å². The maximum Gasteiger partial charge on any atom is 0.329 e. The molecule has 3 rings (SSSR count). The molecule has 2 N–H and O–H groups in total. The molecule has 0 aliphatic heterocycles. The lowest BCUT2D eigenvalue weighted by atomic mass is 9.95. The first kappa shape index (κ1) is 15.7. The third-order valence-electron chi connectivity index (χ3n) is 4.25. The van der Waals surface area contributed by atoms with Crippen LogP contribution in [0.4, 0.5) is 0 Å². The Balaban J connectivity index is 1.84. The largest absolute Gasteiger partial charge is 0.480 e. The summed E-state index contributed by atoms with van der Waals surface area (Å²) in [5.41, 5.74) is 0.918. The van der Waals surface area contributed by atoms with Crippen LogP contribution in [0.15, 0.2) is 29.6 Å². The molecule has 1 atom stereocenters. The van der Waals surface area contributed by atoms with Gasteiger partial charge in [0.2, 0.25) is 0 Å². The molecule has 1 heterocycles. The number of amides is 1. The van der Waals surface area contributed by atoms with Crippen LogP contribution in [0.1, 0.15) is 35.1 Å². The number of hydrogen-bond acceptors (Lipinski definition) is 4. The van der Waals surface area contributed by atoms with E-state index in [4.69, 9.17) is 0 Å². The van der Waals surface area contributed by atoms with Crippen LogP contribution in [0.25, 0.3) is 11.3 Å². The number of nitrogens with one attached hydrogen (secondary N) is 1. The van der Waals surface area contributed by atoms with E-state index in [0.717, 1.165) is 29.1 Å². The molecule has 1 aliphatic carbocycles. The second-order valence-electron chi connectivity index (χ2n) is 6.07. The Morgan fingerprint density at radius 2 is 2.13 bits per heavy atom. The standard InChI is InChI=1S/C17H18N2O3S/c1-10-18-14(9-23-10)11-4-3-5-12(8-11)15(20)19-17(2,16(21)22)13-6-7-13/h3-5,8-9,13H,6-7H2,1-2H3,(H,19,20)(H,21,22)/t17-/m1/s1. The Bertz CT molecular complexity index is 767. The summed E-state index contributed by atoms with van der Waals surface area (Å²) in [6, 6.07) is 7.11. The molecule has 0 radical (unpaired) electrons. The molecule has 1 aromatic carbocycles. The number of carbonyl (C=O) groups excluding carboxylic acids is 1. The highest BCUT2D eigenvalue weighted by Gasteiger charge is 2.48. The van der Waals surface area contributed by atoms with Crippen molar-refractivity contribution in [1.82, 2.24) is 10.3 Å². The van der Waals surface area contributed by atoms with Crippen molar-refractivity contribution in [1.29, 1.82) is 0 Å². The molecular formula is C17H18N2O3S. The van der Waals surface area contributed by atoms with Crippen LogP contribution in [0.3, 0.4) is 0 Å². The number of nitrogens with zero attached hydrogens (tertiary/aromatic N) is 1. The number of aromatic nitrogens is 1. The summed E-state index contributed by atoms with van der Waals surface area (Å²) >= 11 is 1.55. The molecule has 1 aromatic heterocycles. The summed E-state index contributed by atoms with van der Waals surface area (Å²) in [5.74, 6) is -1.34. The van der Waals surface area contributed by atoms with Crippen molar-refractivity contribution in [2.75, 3.05) is 0 Å². The third kappa shape index (κ3) is 3.12. The summed E-state index contributed by atoms with van der Waals surface area (Å²) in [5, 5.41) is 15.1. The predicted octanol–water partition coefficient (Wildman–Crippen LogP) is 3.10. The van der Waals surface area contributed by atoms with Gasteiger partial charge in [-0.25, -0.2) is 9.78 Å². The van der Waals surface area contributed by atoms with Gasteiger partial charge >= 0.3 is 5.97 Å². The SMILES string of the molecule is Cc1nc(-c2cccc(C(=O)N[C@@](C)(C(=O)O)C3CC3)c2)cs1. The van der Waals surface area contributed by atoms with E-state index in [1.165, 1.54) is 0 Å². The zero-order chi connectivity index (χ0) is 16.6. The number of aliphatic carboxylic acids is 1. The van der Waals surface area contributed by atoms with E-state index in [0.29, 0.717) is 5.56 Å². The second-order valence-corrected chi connectivity index (χ2v) is 7.13. The highest BCUT2D eigenvalue weighted by atomic mass is 32.1. The van der Waals surface area contributed by atoms with Crippen LogP contribution in [0, 0.1) is 12.8 Å². The minimum atomic E-state index is -1.20. The summed E-state index contributed by atoms with van der Waals surface area (Å²) in [6.45, 7) is 3.51. The average molecular weight is 330 g/mol. The smallest absolute Gasteiger partial charge is 0.329 e. The highest BCUT2D eigenvalue weighted by molar-refractivity contribution is 7.09. The van der Waals surface area contributed by atoms with Gasteiger partial charge in [-0.05, 0) is 44.7 Å². The second kappa shape index (κ2) is 5.77. The van der Waals surface area contributed by atoms with E-state index in [1.54, 1.807) is 36.5 Å². The molecule has 6 heteroatoms. The lowest BCUT2D eigenvalue weighted by Gasteiger charge is -2.26. The Labute approximate surface area is 138 Å². The van der Waals surface area contributed by atoms with E-state index >= 15 is 0 Å². The van der Waals surface area contributed by atoms with Gasteiger partial charge in [0.1, 0.15) is 5.54 Å². The minimum Gasteiger partial charge on any atom is -0.480 e. The van der Waals surface area contributed by atoms with Crippen molar-refractivity contribution >= 4 is 23.2 Å². The zero-order valence-corrected chi connectivity index (χ0v) is 13.8. The summed E-state index contributed by atoms with van der Waals surface area (Å²) in [4.78, 5) is 28.4. The number of carboxylic acid groups (broad SMARTS) is 1. The average Bonchev–Trinajstić information content (AvgIpc) is 3.29. The van der Waals surface area contributed by atoms with Gasteiger partial charge in [-0.3, -0.25) is 4.79 Å². The number of carboxylic acids is 1. The van der Waals surface area contributed by atoms with Crippen molar-refractivity contribution in [3.8, 4) is 11.3 Å². The lowest BCUT2D eigenvalue weighted by Crippen LogP contribution is -2.54. The first-order valence-corrected chi connectivity index (χ1v) is 8.36. The van der Waals surface area contributed by atoms with Crippen molar-refractivity contribution in [3.05, 3.63) is 40.2 Å². The van der Waals surface area contributed by atoms with Gasteiger partial charge in [0, 0.05) is 16.5 Å². The minimum absolute atomic E-state index is 0.00771. The molecule has 1 amide bonds. The fourth-order valence-electron chi connectivity index (χ4n) is 2.61. The summed E-state index contributed by atoms with van der Waals surface area (Å²) in [7, 11) is 0. The maximum absolute atomic E-state index is 12.5. The molecule has 0 spiro atoms. The van der Waals surface area contributed by atoms with Gasteiger partial charge in [0.05, 0.1) is 10.7 Å². The molecule has 0 unspecified atom stereocenters. The zero-order valence-electron chi connectivity index (χ0n) is 13.0. The van der Waals surface area contributed by atoms with Crippen molar-refractivity contribution in [2.45, 2.75) is 32.2 Å². The van der Waals surface area contributed by atoms with Crippen LogP contribution in [-0.2, 0) is 4.79 Å². The Morgan fingerprint density at radius 1 is 1.39 bits per heavy atom. The Hall–Kier alpha value is -2.21. The van der Waals surface area contributed by atoms with E-state index < -0.39 is 11.5 Å². The predicted molar refractivity (Wildman–Crippen MR) is 88.5 cm³/mol. The molecule has 1 saturated carbocycles. The van der Waals surface area contributed by atoms with Gasteiger partial charge in [0.15, 0.2) is 0 Å². The molecule has 120 valence electrons. The van der Waals surface area contributed by atoms with Gasteiger partial charge < -0.3 is 10.4 Å². The normalized spacial score (nSPS) is 16.6. The van der Waals surface area contributed by atoms with Crippen LogP contribution in [-0.4, -0.2) is 27.5 Å². The van der Waals surface area contributed by atoms with Crippen LogP contribution in [0.2, 0.25) is 0 Å². The molecule has 5 nitrogen and oxygen atoms in total. The molecular weight excluding hydrogens is 312 g/mol. The van der Waals surface area contributed by atoms with Crippen LogP contribution in [0.5, 0.6) is 0 Å². The first-order valence-electron chi connectivity index (χ1n) is 7.48. The number of aryl methyl sites for hydroxylation is 1. The fourth-order valence-corrected chi connectivity index (χ4v) is 3.24. The molecule has 0 bridgehead atoms. The van der Waals surface area contributed by atoms with E-state index in [1.807, 2.05) is 18.4 Å². The number of rotatable bonds is 5. The maximum atomic E-state index is 12.5. The number of carbonyl (C=O) groups is 2.